The minimum Gasteiger partial charge on any atom is -0.497 e. The Morgan fingerprint density at radius 3 is 2.43 bits per heavy atom. The van der Waals surface area contributed by atoms with E-state index in [1.807, 2.05) is 59.5 Å². The third-order valence-corrected chi connectivity index (χ3v) is 6.40. The van der Waals surface area contributed by atoms with E-state index in [4.69, 9.17) is 4.74 Å². The summed E-state index contributed by atoms with van der Waals surface area (Å²) in [5, 5.41) is 6.01. The molecule has 0 spiro atoms. The topological polar surface area (TPSA) is 80.6 Å². The monoisotopic (exact) mass is 469 g/mol. The van der Waals surface area contributed by atoms with Crippen LogP contribution in [0.3, 0.4) is 0 Å². The number of hydrogen-bond donors (Lipinski definition) is 0. The Hall–Kier alpha value is -4.20. The Morgan fingerprint density at radius 2 is 1.69 bits per heavy atom. The lowest BCUT2D eigenvalue weighted by molar-refractivity contribution is -0.132. The van der Waals surface area contributed by atoms with Crippen LogP contribution in [-0.4, -0.2) is 58.9 Å². The molecule has 8 heteroatoms. The van der Waals surface area contributed by atoms with Gasteiger partial charge in [-0.3, -0.25) is 14.6 Å². The molecule has 0 saturated carbocycles. The van der Waals surface area contributed by atoms with Crippen molar-refractivity contribution in [2.24, 2.45) is 0 Å². The molecule has 5 rings (SSSR count). The van der Waals surface area contributed by atoms with Crippen LogP contribution in [0.4, 0.5) is 5.69 Å². The third-order valence-electron chi connectivity index (χ3n) is 6.40. The second kappa shape index (κ2) is 9.97. The van der Waals surface area contributed by atoms with Gasteiger partial charge in [-0.1, -0.05) is 24.3 Å². The first-order chi connectivity index (χ1) is 17.1. The SMILES string of the molecule is COc1cccc(N2CCN(C(=O)Cn3nc(Cc4ccncc4)c4ccccc4c3=O)CC2)c1. The van der Waals surface area contributed by atoms with Gasteiger partial charge in [0, 0.05) is 62.1 Å². The zero-order valence-electron chi connectivity index (χ0n) is 19.6. The molecule has 0 radical (unpaired) electrons. The van der Waals surface area contributed by atoms with Crippen LogP contribution in [0.2, 0.25) is 0 Å². The zero-order valence-corrected chi connectivity index (χ0v) is 19.6. The maximum atomic E-state index is 13.1. The van der Waals surface area contributed by atoms with Crippen LogP contribution in [0.25, 0.3) is 10.8 Å². The highest BCUT2D eigenvalue weighted by Crippen LogP contribution is 2.22. The molecule has 1 fully saturated rings. The minimum atomic E-state index is -0.248. The van der Waals surface area contributed by atoms with Gasteiger partial charge in [0.05, 0.1) is 18.2 Å². The van der Waals surface area contributed by atoms with Crippen LogP contribution in [0.5, 0.6) is 5.75 Å². The average Bonchev–Trinajstić information content (AvgIpc) is 2.92. The Bertz CT molecular complexity index is 1400. The molecule has 0 aliphatic carbocycles. The number of benzene rings is 2. The summed E-state index contributed by atoms with van der Waals surface area (Å²) in [7, 11) is 1.65. The van der Waals surface area contributed by atoms with E-state index in [2.05, 4.69) is 15.0 Å². The van der Waals surface area contributed by atoms with Crippen molar-refractivity contribution in [2.45, 2.75) is 13.0 Å². The molecule has 1 aliphatic rings. The van der Waals surface area contributed by atoms with Gasteiger partial charge in [-0.05, 0) is 35.9 Å². The van der Waals surface area contributed by atoms with Crippen LogP contribution in [0.1, 0.15) is 11.3 Å². The number of fused-ring (bicyclic) bond motifs is 1. The predicted molar refractivity (Wildman–Crippen MR) is 135 cm³/mol. The molecule has 0 unspecified atom stereocenters. The number of hydrogen-bond acceptors (Lipinski definition) is 6. The van der Waals surface area contributed by atoms with Gasteiger partial charge in [0.15, 0.2) is 0 Å². The van der Waals surface area contributed by atoms with Crippen molar-refractivity contribution in [1.29, 1.82) is 0 Å². The molecule has 1 amide bonds. The second-order valence-electron chi connectivity index (χ2n) is 8.56. The molecule has 1 aliphatic heterocycles. The number of aromatic nitrogens is 3. The van der Waals surface area contributed by atoms with Crippen LogP contribution >= 0.6 is 0 Å². The normalized spacial score (nSPS) is 13.7. The number of carbonyl (C=O) groups is 1. The van der Waals surface area contributed by atoms with Crippen molar-refractivity contribution >= 4 is 22.4 Å². The predicted octanol–water partition coefficient (Wildman–Crippen LogP) is 2.74. The summed E-state index contributed by atoms with van der Waals surface area (Å²) in [5.41, 5.74) is 2.64. The number of nitrogens with zero attached hydrogens (tertiary/aromatic N) is 5. The van der Waals surface area contributed by atoms with Gasteiger partial charge < -0.3 is 14.5 Å². The van der Waals surface area contributed by atoms with Gasteiger partial charge >= 0.3 is 0 Å². The first-order valence-corrected chi connectivity index (χ1v) is 11.7. The van der Waals surface area contributed by atoms with Crippen molar-refractivity contribution in [1.82, 2.24) is 19.7 Å². The lowest BCUT2D eigenvalue weighted by Crippen LogP contribution is -2.50. The molecule has 1 saturated heterocycles. The number of piperazine rings is 1. The molecule has 8 nitrogen and oxygen atoms in total. The maximum absolute atomic E-state index is 13.1. The first kappa shape index (κ1) is 22.6. The lowest BCUT2D eigenvalue weighted by Gasteiger charge is -2.36. The molecule has 2 aromatic heterocycles. The van der Waals surface area contributed by atoms with Crippen molar-refractivity contribution < 1.29 is 9.53 Å². The summed E-state index contributed by atoms with van der Waals surface area (Å²) in [6, 6.07) is 19.2. The van der Waals surface area contributed by atoms with Gasteiger partial charge in [-0.2, -0.15) is 5.10 Å². The van der Waals surface area contributed by atoms with Crippen LogP contribution in [-0.2, 0) is 17.8 Å². The van der Waals surface area contributed by atoms with Gasteiger partial charge in [0.2, 0.25) is 5.91 Å². The molecule has 0 atom stereocenters. The van der Waals surface area contributed by atoms with Gasteiger partial charge in [-0.25, -0.2) is 4.68 Å². The quantitative estimate of drug-likeness (QED) is 0.432. The Balaban J connectivity index is 1.33. The summed E-state index contributed by atoms with van der Waals surface area (Å²) < 4.78 is 6.64. The summed E-state index contributed by atoms with van der Waals surface area (Å²) in [5.74, 6) is 0.709. The summed E-state index contributed by atoms with van der Waals surface area (Å²) >= 11 is 0. The fourth-order valence-electron chi connectivity index (χ4n) is 4.49. The Kier molecular flexibility index (Phi) is 6.43. The summed E-state index contributed by atoms with van der Waals surface area (Å²) in [4.78, 5) is 34.4. The molecule has 178 valence electrons. The molecule has 0 N–H and O–H groups in total. The van der Waals surface area contributed by atoms with E-state index in [0.29, 0.717) is 38.0 Å². The van der Waals surface area contributed by atoms with Gasteiger partial charge in [0.1, 0.15) is 12.3 Å². The van der Waals surface area contributed by atoms with E-state index >= 15 is 0 Å². The number of amides is 1. The molecular formula is C27H27N5O3. The number of methoxy groups -OCH3 is 1. The summed E-state index contributed by atoms with van der Waals surface area (Å²) in [6.45, 7) is 2.52. The Labute approximate surface area is 203 Å². The van der Waals surface area contributed by atoms with Crippen LogP contribution in [0.15, 0.2) is 77.9 Å². The number of anilines is 1. The number of carbonyl (C=O) groups excluding carboxylic acids is 1. The maximum Gasteiger partial charge on any atom is 0.275 e. The van der Waals surface area contributed by atoms with Crippen molar-refractivity contribution in [3.63, 3.8) is 0 Å². The summed E-state index contributed by atoms with van der Waals surface area (Å²) in [6.07, 6.45) is 4.03. The highest BCUT2D eigenvalue weighted by molar-refractivity contribution is 5.84. The number of pyridine rings is 1. The lowest BCUT2D eigenvalue weighted by atomic mass is 10.1. The number of ether oxygens (including phenoxy) is 1. The van der Waals surface area contributed by atoms with E-state index in [-0.39, 0.29) is 18.0 Å². The van der Waals surface area contributed by atoms with Crippen LogP contribution < -0.4 is 15.2 Å². The van der Waals surface area contributed by atoms with Crippen LogP contribution in [0, 0.1) is 0 Å². The van der Waals surface area contributed by atoms with Gasteiger partial charge in [0.25, 0.3) is 5.56 Å². The van der Waals surface area contributed by atoms with E-state index < -0.39 is 0 Å². The van der Waals surface area contributed by atoms with Crippen molar-refractivity contribution in [3.8, 4) is 5.75 Å². The van der Waals surface area contributed by atoms with Gasteiger partial charge in [-0.15, -0.1) is 0 Å². The van der Waals surface area contributed by atoms with E-state index in [1.54, 1.807) is 25.6 Å². The smallest absolute Gasteiger partial charge is 0.275 e. The van der Waals surface area contributed by atoms with E-state index in [1.165, 1.54) is 4.68 Å². The van der Waals surface area contributed by atoms with E-state index in [9.17, 15) is 9.59 Å². The zero-order chi connectivity index (χ0) is 24.2. The van der Waals surface area contributed by atoms with E-state index in [0.717, 1.165) is 28.1 Å². The highest BCUT2D eigenvalue weighted by Gasteiger charge is 2.23. The highest BCUT2D eigenvalue weighted by atomic mass is 16.5. The molecule has 4 aromatic rings. The first-order valence-electron chi connectivity index (χ1n) is 11.7. The van der Waals surface area contributed by atoms with Crippen molar-refractivity contribution in [3.05, 3.63) is 94.7 Å². The Morgan fingerprint density at radius 1 is 0.943 bits per heavy atom. The largest absolute Gasteiger partial charge is 0.497 e. The molecule has 3 heterocycles. The fraction of sp³-hybridized carbons (Fsp3) is 0.259. The molecular weight excluding hydrogens is 442 g/mol. The second-order valence-corrected chi connectivity index (χ2v) is 8.56. The molecule has 0 bridgehead atoms. The standard InChI is InChI=1S/C27H27N5O3/c1-35-22-6-4-5-21(18-22)30-13-15-31(16-14-30)26(33)19-32-27(34)24-8-3-2-7-23(24)25(29-32)17-20-9-11-28-12-10-20/h2-12,18H,13-17,19H2,1H3. The molecule has 35 heavy (non-hydrogen) atoms. The minimum absolute atomic E-state index is 0.0772. The molecule has 2 aromatic carbocycles. The fourth-order valence-corrected chi connectivity index (χ4v) is 4.49. The number of rotatable bonds is 6. The average molecular weight is 470 g/mol. The van der Waals surface area contributed by atoms with Crippen molar-refractivity contribution in [2.75, 3.05) is 38.2 Å². The third kappa shape index (κ3) is 4.87.